The lowest BCUT2D eigenvalue weighted by Gasteiger charge is -2.26. The lowest BCUT2D eigenvalue weighted by molar-refractivity contribution is 0.343. The highest BCUT2D eigenvalue weighted by Crippen LogP contribution is 2.39. The van der Waals surface area contributed by atoms with E-state index in [4.69, 9.17) is 5.11 Å². The first-order chi connectivity index (χ1) is 7.58. The van der Waals surface area contributed by atoms with Gasteiger partial charge in [0, 0.05) is 0 Å². The number of benzene rings is 1. The SMILES string of the molecule is CC1CCC(c2cc(O)c(O)c(F)c2)CC1. The molecule has 0 spiro atoms. The zero-order chi connectivity index (χ0) is 11.7. The molecule has 0 aliphatic heterocycles. The number of rotatable bonds is 1. The van der Waals surface area contributed by atoms with Gasteiger partial charge in [-0.05, 0) is 42.4 Å². The van der Waals surface area contributed by atoms with Crippen LogP contribution in [0, 0.1) is 11.7 Å². The third-order valence-corrected chi connectivity index (χ3v) is 3.55. The third-order valence-electron chi connectivity index (χ3n) is 3.55. The smallest absolute Gasteiger partial charge is 0.194 e. The van der Waals surface area contributed by atoms with Gasteiger partial charge in [0.2, 0.25) is 0 Å². The number of aromatic hydroxyl groups is 2. The molecule has 0 amide bonds. The van der Waals surface area contributed by atoms with Gasteiger partial charge in [-0.2, -0.15) is 0 Å². The fourth-order valence-corrected chi connectivity index (χ4v) is 2.43. The van der Waals surface area contributed by atoms with Crippen molar-refractivity contribution in [3.63, 3.8) is 0 Å². The zero-order valence-electron chi connectivity index (χ0n) is 9.41. The van der Waals surface area contributed by atoms with E-state index in [-0.39, 0.29) is 5.75 Å². The normalized spacial score (nSPS) is 25.6. The maximum absolute atomic E-state index is 13.3. The minimum atomic E-state index is -0.728. The molecule has 16 heavy (non-hydrogen) atoms. The summed E-state index contributed by atoms with van der Waals surface area (Å²) in [6.45, 7) is 2.23. The highest BCUT2D eigenvalue weighted by Gasteiger charge is 2.21. The molecule has 2 rings (SSSR count). The number of phenols is 2. The average Bonchev–Trinajstić information content (AvgIpc) is 2.26. The highest BCUT2D eigenvalue weighted by atomic mass is 19.1. The summed E-state index contributed by atoms with van der Waals surface area (Å²) in [5.74, 6) is -0.667. The van der Waals surface area contributed by atoms with Gasteiger partial charge in [0.25, 0.3) is 0 Å². The second-order valence-corrected chi connectivity index (χ2v) is 4.83. The molecule has 0 radical (unpaired) electrons. The van der Waals surface area contributed by atoms with Crippen molar-refractivity contribution in [3.05, 3.63) is 23.5 Å². The largest absolute Gasteiger partial charge is 0.504 e. The van der Waals surface area contributed by atoms with Crippen LogP contribution >= 0.6 is 0 Å². The molecule has 0 aromatic heterocycles. The van der Waals surface area contributed by atoms with Crippen LogP contribution in [0.1, 0.15) is 44.1 Å². The Morgan fingerprint density at radius 2 is 1.75 bits per heavy atom. The average molecular weight is 224 g/mol. The number of hydrogen-bond acceptors (Lipinski definition) is 2. The van der Waals surface area contributed by atoms with Gasteiger partial charge >= 0.3 is 0 Å². The second-order valence-electron chi connectivity index (χ2n) is 4.83. The second kappa shape index (κ2) is 4.32. The van der Waals surface area contributed by atoms with Gasteiger partial charge in [-0.15, -0.1) is 0 Å². The molecule has 1 saturated carbocycles. The van der Waals surface area contributed by atoms with E-state index >= 15 is 0 Å². The Kier molecular flexibility index (Phi) is 3.03. The van der Waals surface area contributed by atoms with E-state index in [0.717, 1.165) is 37.2 Å². The van der Waals surface area contributed by atoms with Gasteiger partial charge in [-0.25, -0.2) is 4.39 Å². The van der Waals surface area contributed by atoms with Crippen molar-refractivity contribution in [1.29, 1.82) is 0 Å². The van der Waals surface area contributed by atoms with Crippen LogP contribution in [0.15, 0.2) is 12.1 Å². The van der Waals surface area contributed by atoms with E-state index < -0.39 is 11.6 Å². The summed E-state index contributed by atoms with van der Waals surface area (Å²) in [7, 11) is 0. The fraction of sp³-hybridized carbons (Fsp3) is 0.538. The maximum Gasteiger partial charge on any atom is 0.194 e. The number of hydrogen-bond donors (Lipinski definition) is 2. The Balaban J connectivity index is 2.21. The molecular formula is C13H17FO2. The molecule has 1 aliphatic rings. The first-order valence-electron chi connectivity index (χ1n) is 5.79. The van der Waals surface area contributed by atoms with Crippen LogP contribution in [0.5, 0.6) is 11.5 Å². The molecule has 1 aromatic rings. The molecular weight excluding hydrogens is 207 g/mol. The molecule has 0 atom stereocenters. The number of phenolic OH excluding ortho intramolecular Hbond substituents is 2. The lowest BCUT2D eigenvalue weighted by atomic mass is 9.79. The third kappa shape index (κ3) is 2.13. The van der Waals surface area contributed by atoms with Gasteiger partial charge < -0.3 is 10.2 Å². The fourth-order valence-electron chi connectivity index (χ4n) is 2.43. The number of halogens is 1. The van der Waals surface area contributed by atoms with Crippen LogP contribution in [0.25, 0.3) is 0 Å². The monoisotopic (exact) mass is 224 g/mol. The van der Waals surface area contributed by atoms with E-state index in [1.165, 1.54) is 12.1 Å². The Labute approximate surface area is 94.7 Å². The standard InChI is InChI=1S/C13H17FO2/c1-8-2-4-9(5-3-8)10-6-11(14)13(16)12(15)7-10/h6-9,15-16H,2-5H2,1H3. The molecule has 3 heteroatoms. The molecule has 1 aliphatic carbocycles. The van der Waals surface area contributed by atoms with Crippen LogP contribution in [-0.2, 0) is 0 Å². The summed E-state index contributed by atoms with van der Waals surface area (Å²) in [6.07, 6.45) is 4.36. The van der Waals surface area contributed by atoms with Crippen molar-refractivity contribution in [2.24, 2.45) is 5.92 Å². The van der Waals surface area contributed by atoms with Gasteiger partial charge in [0.05, 0.1) is 0 Å². The van der Waals surface area contributed by atoms with Crippen LogP contribution in [0.4, 0.5) is 4.39 Å². The summed E-state index contributed by atoms with van der Waals surface area (Å²) in [4.78, 5) is 0. The van der Waals surface area contributed by atoms with Crippen molar-refractivity contribution < 1.29 is 14.6 Å². The summed E-state index contributed by atoms with van der Waals surface area (Å²) >= 11 is 0. The topological polar surface area (TPSA) is 40.5 Å². The van der Waals surface area contributed by atoms with Crippen LogP contribution in [-0.4, -0.2) is 10.2 Å². The zero-order valence-corrected chi connectivity index (χ0v) is 9.41. The minimum absolute atomic E-state index is 0.317. The molecule has 0 bridgehead atoms. The summed E-state index contributed by atoms with van der Waals surface area (Å²) in [6, 6.07) is 2.83. The molecule has 88 valence electrons. The molecule has 1 aromatic carbocycles. The van der Waals surface area contributed by atoms with Gasteiger partial charge in [0.15, 0.2) is 17.3 Å². The van der Waals surface area contributed by atoms with Crippen molar-refractivity contribution in [1.82, 2.24) is 0 Å². The van der Waals surface area contributed by atoms with E-state index in [1.54, 1.807) is 0 Å². The molecule has 0 heterocycles. The summed E-state index contributed by atoms with van der Waals surface area (Å²) in [5, 5.41) is 18.5. The van der Waals surface area contributed by atoms with Crippen LogP contribution in [0.3, 0.4) is 0 Å². The van der Waals surface area contributed by atoms with Crippen LogP contribution < -0.4 is 0 Å². The quantitative estimate of drug-likeness (QED) is 0.716. The molecule has 2 N–H and O–H groups in total. The molecule has 0 unspecified atom stereocenters. The lowest BCUT2D eigenvalue weighted by Crippen LogP contribution is -2.10. The van der Waals surface area contributed by atoms with Gasteiger partial charge in [-0.3, -0.25) is 0 Å². The summed E-state index contributed by atoms with van der Waals surface area (Å²) in [5.41, 5.74) is 0.805. The predicted molar refractivity (Wildman–Crippen MR) is 60.1 cm³/mol. The van der Waals surface area contributed by atoms with E-state index in [1.807, 2.05) is 0 Å². The van der Waals surface area contributed by atoms with Crippen molar-refractivity contribution in [2.45, 2.75) is 38.5 Å². The van der Waals surface area contributed by atoms with Crippen molar-refractivity contribution in [3.8, 4) is 11.5 Å². The van der Waals surface area contributed by atoms with Crippen molar-refractivity contribution >= 4 is 0 Å². The minimum Gasteiger partial charge on any atom is -0.504 e. The van der Waals surface area contributed by atoms with E-state index in [9.17, 15) is 9.50 Å². The Hall–Kier alpha value is -1.25. The Morgan fingerprint density at radius 3 is 2.31 bits per heavy atom. The Bertz CT molecular complexity index is 359. The van der Waals surface area contributed by atoms with Crippen molar-refractivity contribution in [2.75, 3.05) is 0 Å². The molecule has 0 saturated heterocycles. The van der Waals surface area contributed by atoms with E-state index in [0.29, 0.717) is 5.92 Å². The molecule has 1 fully saturated rings. The Morgan fingerprint density at radius 1 is 1.12 bits per heavy atom. The highest BCUT2D eigenvalue weighted by molar-refractivity contribution is 5.43. The first-order valence-corrected chi connectivity index (χ1v) is 5.79. The predicted octanol–water partition coefficient (Wildman–Crippen LogP) is 3.53. The van der Waals surface area contributed by atoms with Gasteiger partial charge in [0.1, 0.15) is 0 Å². The summed E-state index contributed by atoms with van der Waals surface area (Å²) < 4.78 is 13.3. The van der Waals surface area contributed by atoms with E-state index in [2.05, 4.69) is 6.92 Å². The van der Waals surface area contributed by atoms with Crippen LogP contribution in [0.2, 0.25) is 0 Å². The first kappa shape index (κ1) is 11.2. The maximum atomic E-state index is 13.3. The molecule has 2 nitrogen and oxygen atoms in total. The van der Waals surface area contributed by atoms with Gasteiger partial charge in [-0.1, -0.05) is 19.8 Å².